The van der Waals surface area contributed by atoms with E-state index in [-0.39, 0.29) is 22.4 Å². The van der Waals surface area contributed by atoms with Crippen molar-refractivity contribution in [2.45, 2.75) is 26.8 Å². The molecular formula is C19H19N3O4S. The average molecular weight is 385 g/mol. The first-order chi connectivity index (χ1) is 13.0. The first-order valence-electron chi connectivity index (χ1n) is 8.51. The lowest BCUT2D eigenvalue weighted by molar-refractivity contribution is -0.116. The number of benzene rings is 1. The van der Waals surface area contributed by atoms with Crippen molar-refractivity contribution < 1.29 is 14.3 Å². The minimum Gasteiger partial charge on any atom is -0.492 e. The Hall–Kier alpha value is -3.00. The number of hydrogen-bond donors (Lipinski definition) is 1. The zero-order valence-electron chi connectivity index (χ0n) is 15.0. The quantitative estimate of drug-likeness (QED) is 0.605. The lowest BCUT2D eigenvalue weighted by Gasteiger charge is -2.12. The van der Waals surface area contributed by atoms with Crippen LogP contribution in [0, 0.1) is 6.92 Å². The number of aryl methyl sites for hydroxylation is 2. The second-order valence-electron chi connectivity index (χ2n) is 5.93. The van der Waals surface area contributed by atoms with Crippen LogP contribution in [0.5, 0.6) is 5.75 Å². The number of carbonyl (C=O) groups excluding carboxylic acids is 1. The molecule has 8 heteroatoms. The molecule has 0 radical (unpaired) electrons. The molecule has 27 heavy (non-hydrogen) atoms. The van der Waals surface area contributed by atoms with Gasteiger partial charge in [0.25, 0.3) is 16.6 Å². The molecule has 0 unspecified atom stereocenters. The van der Waals surface area contributed by atoms with Gasteiger partial charge in [-0.3, -0.25) is 19.5 Å². The number of thiocarbonyl (C=S) groups is 1. The molecule has 2 aromatic rings. The third-order valence-electron chi connectivity index (χ3n) is 3.94. The lowest BCUT2D eigenvalue weighted by Crippen LogP contribution is -2.27. The maximum atomic E-state index is 12.1. The maximum Gasteiger partial charge on any atom is 0.294 e. The smallest absolute Gasteiger partial charge is 0.294 e. The zero-order valence-corrected chi connectivity index (χ0v) is 15.8. The van der Waals surface area contributed by atoms with Crippen LogP contribution in [0.3, 0.4) is 0 Å². The molecule has 2 heterocycles. The molecule has 3 rings (SSSR count). The van der Waals surface area contributed by atoms with E-state index in [0.717, 1.165) is 17.1 Å². The summed E-state index contributed by atoms with van der Waals surface area (Å²) in [4.78, 5) is 28.1. The Morgan fingerprint density at radius 1 is 1.30 bits per heavy atom. The van der Waals surface area contributed by atoms with Gasteiger partial charge in [-0.2, -0.15) is 0 Å². The van der Waals surface area contributed by atoms with Gasteiger partial charge in [0.1, 0.15) is 18.2 Å². The third kappa shape index (κ3) is 4.59. The molecule has 1 saturated heterocycles. The van der Waals surface area contributed by atoms with Crippen LogP contribution in [0.4, 0.5) is 0 Å². The predicted molar refractivity (Wildman–Crippen MR) is 104 cm³/mol. The van der Waals surface area contributed by atoms with E-state index >= 15 is 0 Å². The second kappa shape index (κ2) is 8.13. The van der Waals surface area contributed by atoms with Crippen LogP contribution in [0.1, 0.15) is 24.0 Å². The SMILES string of the molecule is CCc1nc(C)cc(=O)n1CCOc1ccc(/C=C2\OC(=S)NC2=O)cc1. The van der Waals surface area contributed by atoms with E-state index in [0.29, 0.717) is 25.3 Å². The van der Waals surface area contributed by atoms with Crippen LogP contribution in [-0.2, 0) is 22.5 Å². The molecule has 0 bridgehead atoms. The summed E-state index contributed by atoms with van der Waals surface area (Å²) >= 11 is 4.79. The van der Waals surface area contributed by atoms with Gasteiger partial charge < -0.3 is 9.47 Å². The van der Waals surface area contributed by atoms with Crippen molar-refractivity contribution >= 4 is 29.4 Å². The average Bonchev–Trinajstić information content (AvgIpc) is 2.95. The van der Waals surface area contributed by atoms with E-state index in [1.165, 1.54) is 6.07 Å². The zero-order chi connectivity index (χ0) is 19.4. The van der Waals surface area contributed by atoms with Gasteiger partial charge in [0.05, 0.1) is 6.54 Å². The first-order valence-corrected chi connectivity index (χ1v) is 8.92. The summed E-state index contributed by atoms with van der Waals surface area (Å²) in [7, 11) is 0. The van der Waals surface area contributed by atoms with Crippen LogP contribution < -0.4 is 15.6 Å². The van der Waals surface area contributed by atoms with Crippen LogP contribution >= 0.6 is 12.2 Å². The Bertz CT molecular complexity index is 964. The Morgan fingerprint density at radius 2 is 2.04 bits per heavy atom. The Balaban J connectivity index is 1.62. The molecule has 0 atom stereocenters. The van der Waals surface area contributed by atoms with Crippen LogP contribution in [0.15, 0.2) is 40.9 Å². The molecule has 1 fully saturated rings. The van der Waals surface area contributed by atoms with Crippen LogP contribution in [0.25, 0.3) is 6.08 Å². The molecule has 1 aliphatic heterocycles. The van der Waals surface area contributed by atoms with Gasteiger partial charge in [0.15, 0.2) is 5.76 Å². The van der Waals surface area contributed by atoms with Crippen molar-refractivity contribution in [1.29, 1.82) is 0 Å². The highest BCUT2D eigenvalue weighted by Gasteiger charge is 2.22. The number of aromatic nitrogens is 2. The van der Waals surface area contributed by atoms with Gasteiger partial charge in [0.2, 0.25) is 0 Å². The largest absolute Gasteiger partial charge is 0.492 e. The number of nitrogens with one attached hydrogen (secondary N) is 1. The van der Waals surface area contributed by atoms with E-state index in [4.69, 9.17) is 21.7 Å². The first kappa shape index (κ1) is 18.8. The van der Waals surface area contributed by atoms with E-state index in [2.05, 4.69) is 10.3 Å². The van der Waals surface area contributed by atoms with Gasteiger partial charge in [-0.1, -0.05) is 19.1 Å². The Kier molecular flexibility index (Phi) is 5.66. The van der Waals surface area contributed by atoms with E-state index in [1.807, 2.05) is 13.8 Å². The molecule has 7 nitrogen and oxygen atoms in total. The molecule has 0 saturated carbocycles. The summed E-state index contributed by atoms with van der Waals surface area (Å²) in [6.07, 6.45) is 2.28. The lowest BCUT2D eigenvalue weighted by atomic mass is 10.2. The van der Waals surface area contributed by atoms with Gasteiger partial charge in [-0.25, -0.2) is 4.98 Å². The second-order valence-corrected chi connectivity index (χ2v) is 6.30. The topological polar surface area (TPSA) is 82.5 Å². The number of rotatable bonds is 6. The van der Waals surface area contributed by atoms with Crippen molar-refractivity contribution in [3.05, 3.63) is 63.5 Å². The van der Waals surface area contributed by atoms with E-state index in [1.54, 1.807) is 34.9 Å². The van der Waals surface area contributed by atoms with Crippen LogP contribution in [0.2, 0.25) is 0 Å². The fourth-order valence-electron chi connectivity index (χ4n) is 2.68. The maximum absolute atomic E-state index is 12.1. The van der Waals surface area contributed by atoms with Crippen molar-refractivity contribution in [3.8, 4) is 5.75 Å². The summed E-state index contributed by atoms with van der Waals surface area (Å²) in [5.41, 5.74) is 1.43. The van der Waals surface area contributed by atoms with Gasteiger partial charge >= 0.3 is 0 Å². The molecule has 1 amide bonds. The molecule has 1 N–H and O–H groups in total. The summed E-state index contributed by atoms with van der Waals surface area (Å²) in [5.74, 6) is 1.21. The Labute approximate surface area is 161 Å². The minimum absolute atomic E-state index is 0.0542. The van der Waals surface area contributed by atoms with Crippen molar-refractivity contribution in [1.82, 2.24) is 14.9 Å². The van der Waals surface area contributed by atoms with Crippen LogP contribution in [-0.4, -0.2) is 27.2 Å². The summed E-state index contributed by atoms with van der Waals surface area (Å²) < 4.78 is 12.5. The Morgan fingerprint density at radius 3 is 2.67 bits per heavy atom. The van der Waals surface area contributed by atoms with Crippen molar-refractivity contribution in [2.24, 2.45) is 0 Å². The highest BCUT2D eigenvalue weighted by Crippen LogP contribution is 2.17. The number of amides is 1. The fraction of sp³-hybridized carbons (Fsp3) is 0.263. The minimum atomic E-state index is -0.357. The van der Waals surface area contributed by atoms with Crippen molar-refractivity contribution in [3.63, 3.8) is 0 Å². The van der Waals surface area contributed by atoms with Gasteiger partial charge in [-0.15, -0.1) is 0 Å². The number of nitrogens with zero attached hydrogens (tertiary/aromatic N) is 2. The predicted octanol–water partition coefficient (Wildman–Crippen LogP) is 1.97. The molecule has 0 aliphatic carbocycles. The fourth-order valence-corrected chi connectivity index (χ4v) is 2.86. The molecule has 1 aromatic carbocycles. The summed E-state index contributed by atoms with van der Waals surface area (Å²) in [6, 6.07) is 8.70. The standard InChI is InChI=1S/C19H19N3O4S/c1-3-16-20-12(2)10-17(23)22(16)8-9-25-14-6-4-13(5-7-14)11-15-18(24)21-19(27)26-15/h4-7,10-11H,3,8-9H2,1-2H3,(H,21,24,27)/b15-11-. The molecular weight excluding hydrogens is 366 g/mol. The number of carbonyl (C=O) groups is 1. The summed E-state index contributed by atoms with van der Waals surface area (Å²) in [6.45, 7) is 4.54. The number of ether oxygens (including phenoxy) is 2. The number of hydrogen-bond acceptors (Lipinski definition) is 6. The van der Waals surface area contributed by atoms with Crippen molar-refractivity contribution in [2.75, 3.05) is 6.61 Å². The summed E-state index contributed by atoms with van der Waals surface area (Å²) in [5, 5.41) is 2.46. The highest BCUT2D eigenvalue weighted by atomic mass is 32.1. The molecule has 1 aliphatic rings. The van der Waals surface area contributed by atoms with Gasteiger partial charge in [-0.05, 0) is 42.9 Å². The molecule has 0 spiro atoms. The third-order valence-corrected chi connectivity index (χ3v) is 4.12. The normalized spacial score (nSPS) is 15.0. The van der Waals surface area contributed by atoms with Gasteiger partial charge in [0, 0.05) is 18.2 Å². The molecule has 1 aromatic heterocycles. The monoisotopic (exact) mass is 385 g/mol. The highest BCUT2D eigenvalue weighted by molar-refractivity contribution is 7.80. The van der Waals surface area contributed by atoms with E-state index in [9.17, 15) is 9.59 Å². The van der Waals surface area contributed by atoms with E-state index < -0.39 is 0 Å². The molecule has 140 valence electrons.